The van der Waals surface area contributed by atoms with Crippen molar-refractivity contribution in [2.45, 2.75) is 40.2 Å². The largest absolute Gasteiger partial charge is 0.444 e. The van der Waals surface area contributed by atoms with E-state index in [2.05, 4.69) is 21.7 Å². The van der Waals surface area contributed by atoms with Gasteiger partial charge in [0, 0.05) is 12.2 Å². The fourth-order valence-electron chi connectivity index (χ4n) is 1.88. The molecule has 122 valence electrons. The monoisotopic (exact) mass is 306 g/mol. The third-order valence-corrected chi connectivity index (χ3v) is 2.56. The Labute approximate surface area is 132 Å². The number of aryl methyl sites for hydroxylation is 2. The maximum atomic E-state index is 11.4. The number of aliphatic imine (C=N–C) groups is 1. The number of alkyl carbamates (subject to hydrolysis) is 1. The molecule has 0 heterocycles. The van der Waals surface area contributed by atoms with E-state index in [9.17, 15) is 4.79 Å². The van der Waals surface area contributed by atoms with Gasteiger partial charge in [0.25, 0.3) is 0 Å². The number of carbonyl (C=O) groups excluding carboxylic acids is 1. The molecule has 0 saturated heterocycles. The highest BCUT2D eigenvalue weighted by atomic mass is 16.6. The first-order chi connectivity index (χ1) is 10.2. The van der Waals surface area contributed by atoms with Crippen LogP contribution in [0.2, 0.25) is 0 Å². The Kier molecular flexibility index (Phi) is 6.22. The molecule has 22 heavy (non-hydrogen) atoms. The van der Waals surface area contributed by atoms with Gasteiger partial charge in [0.05, 0.1) is 6.54 Å². The van der Waals surface area contributed by atoms with Gasteiger partial charge in [-0.2, -0.15) is 0 Å². The predicted molar refractivity (Wildman–Crippen MR) is 90.3 cm³/mol. The number of ether oxygens (including phenoxy) is 1. The number of carbonyl (C=O) groups is 1. The molecule has 6 nitrogen and oxygen atoms in total. The minimum atomic E-state index is -0.503. The van der Waals surface area contributed by atoms with Gasteiger partial charge in [0.2, 0.25) is 0 Å². The number of amides is 1. The van der Waals surface area contributed by atoms with Crippen LogP contribution in [0.5, 0.6) is 0 Å². The summed E-state index contributed by atoms with van der Waals surface area (Å²) < 4.78 is 5.12. The first-order valence-corrected chi connectivity index (χ1v) is 7.28. The van der Waals surface area contributed by atoms with E-state index in [1.165, 1.54) is 0 Å². The van der Waals surface area contributed by atoms with Crippen molar-refractivity contribution in [3.8, 4) is 0 Å². The zero-order valence-corrected chi connectivity index (χ0v) is 14.0. The molecule has 0 radical (unpaired) electrons. The molecule has 4 N–H and O–H groups in total. The molecule has 6 heteroatoms. The van der Waals surface area contributed by atoms with Gasteiger partial charge in [0.15, 0.2) is 5.96 Å². The van der Waals surface area contributed by atoms with Crippen LogP contribution in [0.3, 0.4) is 0 Å². The minimum absolute atomic E-state index is 0.316. The molecule has 0 unspecified atom stereocenters. The van der Waals surface area contributed by atoms with E-state index in [4.69, 9.17) is 10.5 Å². The summed E-state index contributed by atoms with van der Waals surface area (Å²) in [4.78, 5) is 15.6. The lowest BCUT2D eigenvalue weighted by molar-refractivity contribution is 0.0529. The molecule has 0 bridgehead atoms. The minimum Gasteiger partial charge on any atom is -0.444 e. The van der Waals surface area contributed by atoms with E-state index in [1.807, 2.05) is 46.8 Å². The second kappa shape index (κ2) is 7.68. The molecule has 0 spiro atoms. The number of rotatable bonds is 4. The van der Waals surface area contributed by atoms with E-state index < -0.39 is 11.7 Å². The van der Waals surface area contributed by atoms with Crippen LogP contribution < -0.4 is 16.4 Å². The Balaban J connectivity index is 2.39. The Hall–Kier alpha value is -2.24. The number of hydrogen-bond acceptors (Lipinski definition) is 3. The standard InChI is InChI=1S/C16H26N4O2/c1-11-8-12(2)10-13(9-11)20-14(17)18-6-7-19-15(21)22-16(3,4)5/h8-10H,6-7H2,1-5H3,(H,19,21)(H3,17,18,20). The molecule has 0 saturated carbocycles. The smallest absolute Gasteiger partial charge is 0.407 e. The number of anilines is 1. The Morgan fingerprint density at radius 2 is 1.82 bits per heavy atom. The molecular formula is C16H26N4O2. The summed E-state index contributed by atoms with van der Waals surface area (Å²) in [6.45, 7) is 10.2. The maximum absolute atomic E-state index is 11.4. The normalized spacial score (nSPS) is 12.0. The predicted octanol–water partition coefficient (Wildman–Crippen LogP) is 2.55. The van der Waals surface area contributed by atoms with Gasteiger partial charge < -0.3 is 21.1 Å². The lowest BCUT2D eigenvalue weighted by atomic mass is 10.1. The van der Waals surface area contributed by atoms with E-state index >= 15 is 0 Å². The molecule has 0 aliphatic rings. The van der Waals surface area contributed by atoms with Crippen molar-refractivity contribution in [2.24, 2.45) is 10.7 Å². The third kappa shape index (κ3) is 7.52. The maximum Gasteiger partial charge on any atom is 0.407 e. The van der Waals surface area contributed by atoms with E-state index in [-0.39, 0.29) is 0 Å². The van der Waals surface area contributed by atoms with Crippen LogP contribution in [0.25, 0.3) is 0 Å². The van der Waals surface area contributed by atoms with Crippen molar-refractivity contribution in [3.63, 3.8) is 0 Å². The summed E-state index contributed by atoms with van der Waals surface area (Å²) in [5.41, 5.74) is 8.53. The number of benzene rings is 1. The van der Waals surface area contributed by atoms with Gasteiger partial charge >= 0.3 is 6.09 Å². The number of hydrogen-bond donors (Lipinski definition) is 3. The Morgan fingerprint density at radius 3 is 2.36 bits per heavy atom. The van der Waals surface area contributed by atoms with Crippen molar-refractivity contribution in [3.05, 3.63) is 29.3 Å². The molecule has 0 atom stereocenters. The SMILES string of the molecule is Cc1cc(C)cc(NC(N)=NCCNC(=O)OC(C)(C)C)c1. The van der Waals surface area contributed by atoms with Crippen LogP contribution in [-0.4, -0.2) is 30.7 Å². The average Bonchev–Trinajstić information content (AvgIpc) is 2.31. The van der Waals surface area contributed by atoms with Crippen LogP contribution in [0, 0.1) is 13.8 Å². The van der Waals surface area contributed by atoms with Crippen LogP contribution in [0.1, 0.15) is 31.9 Å². The van der Waals surface area contributed by atoms with Gasteiger partial charge in [-0.05, 0) is 57.9 Å². The summed E-state index contributed by atoms with van der Waals surface area (Å²) in [7, 11) is 0. The van der Waals surface area contributed by atoms with Gasteiger partial charge in [-0.15, -0.1) is 0 Å². The summed E-state index contributed by atoms with van der Waals surface area (Å²) >= 11 is 0. The van der Waals surface area contributed by atoms with Crippen molar-refractivity contribution in [2.75, 3.05) is 18.4 Å². The summed E-state index contributed by atoms with van der Waals surface area (Å²) in [6, 6.07) is 6.08. The van der Waals surface area contributed by atoms with Gasteiger partial charge in [-0.3, -0.25) is 4.99 Å². The molecule has 1 amide bonds. The summed E-state index contributed by atoms with van der Waals surface area (Å²) in [6.07, 6.45) is -0.455. The second-order valence-corrected chi connectivity index (χ2v) is 6.20. The molecular weight excluding hydrogens is 280 g/mol. The zero-order valence-electron chi connectivity index (χ0n) is 14.0. The molecule has 1 rings (SSSR count). The van der Waals surface area contributed by atoms with Crippen molar-refractivity contribution in [1.82, 2.24) is 5.32 Å². The molecule has 0 aromatic heterocycles. The number of nitrogens with zero attached hydrogens (tertiary/aromatic N) is 1. The highest BCUT2D eigenvalue weighted by Crippen LogP contribution is 2.13. The van der Waals surface area contributed by atoms with Crippen LogP contribution in [0.4, 0.5) is 10.5 Å². The second-order valence-electron chi connectivity index (χ2n) is 6.20. The lowest BCUT2D eigenvalue weighted by Crippen LogP contribution is -2.34. The molecule has 1 aromatic carbocycles. The van der Waals surface area contributed by atoms with Crippen molar-refractivity contribution >= 4 is 17.7 Å². The third-order valence-electron chi connectivity index (χ3n) is 2.56. The van der Waals surface area contributed by atoms with Gasteiger partial charge in [-0.25, -0.2) is 4.79 Å². The first-order valence-electron chi connectivity index (χ1n) is 7.28. The molecule has 0 fully saturated rings. The summed E-state index contributed by atoms with van der Waals surface area (Å²) in [5, 5.41) is 5.66. The number of nitrogens with one attached hydrogen (secondary N) is 2. The van der Waals surface area contributed by atoms with Crippen LogP contribution in [-0.2, 0) is 4.74 Å². The highest BCUT2D eigenvalue weighted by Gasteiger charge is 2.15. The molecule has 0 aliphatic heterocycles. The topological polar surface area (TPSA) is 88.7 Å². The fraction of sp³-hybridized carbons (Fsp3) is 0.500. The van der Waals surface area contributed by atoms with Crippen LogP contribution >= 0.6 is 0 Å². The van der Waals surface area contributed by atoms with Crippen molar-refractivity contribution < 1.29 is 9.53 Å². The molecule has 0 aliphatic carbocycles. The van der Waals surface area contributed by atoms with Gasteiger partial charge in [-0.1, -0.05) is 6.07 Å². The number of nitrogens with two attached hydrogens (primary N) is 1. The first kappa shape index (κ1) is 17.8. The summed E-state index contributed by atoms with van der Waals surface area (Å²) in [5.74, 6) is 0.316. The Morgan fingerprint density at radius 1 is 1.23 bits per heavy atom. The molecule has 1 aromatic rings. The van der Waals surface area contributed by atoms with Crippen LogP contribution in [0.15, 0.2) is 23.2 Å². The highest BCUT2D eigenvalue weighted by molar-refractivity contribution is 5.92. The van der Waals surface area contributed by atoms with E-state index in [1.54, 1.807) is 0 Å². The lowest BCUT2D eigenvalue weighted by Gasteiger charge is -2.19. The van der Waals surface area contributed by atoms with E-state index in [0.717, 1.165) is 16.8 Å². The zero-order chi connectivity index (χ0) is 16.8. The average molecular weight is 306 g/mol. The number of guanidine groups is 1. The Bertz CT molecular complexity index is 527. The van der Waals surface area contributed by atoms with E-state index in [0.29, 0.717) is 19.0 Å². The fourth-order valence-corrected chi connectivity index (χ4v) is 1.88. The quantitative estimate of drug-likeness (QED) is 0.453. The van der Waals surface area contributed by atoms with Crippen molar-refractivity contribution in [1.29, 1.82) is 0 Å². The van der Waals surface area contributed by atoms with Gasteiger partial charge in [0.1, 0.15) is 5.60 Å².